The number of aryl methyl sites for hydroxylation is 1. The average Bonchev–Trinajstić information content (AvgIpc) is 2.84. The van der Waals surface area contributed by atoms with Crippen molar-refractivity contribution >= 4 is 0 Å². The number of hydrogen-bond donors (Lipinski definition) is 0. The molecule has 60 valence electrons. The Hall–Kier alpha value is -1.29. The predicted octanol–water partition coefficient (Wildman–Crippen LogP) is 2.15. The Labute approximate surface area is 72.8 Å². The highest BCUT2D eigenvalue weighted by atomic mass is 14.7. The molecule has 0 N–H and O–H groups in total. The van der Waals surface area contributed by atoms with Gasteiger partial charge in [-0.05, 0) is 37.8 Å². The number of rotatable bonds is 0. The Balaban J connectivity index is 2.18. The van der Waals surface area contributed by atoms with Crippen molar-refractivity contribution in [2.75, 3.05) is 0 Å². The molecule has 1 aliphatic carbocycles. The van der Waals surface area contributed by atoms with Crippen LogP contribution in [0.5, 0.6) is 0 Å². The van der Waals surface area contributed by atoms with Crippen LogP contribution in [0.2, 0.25) is 0 Å². The molecule has 0 bridgehead atoms. The smallest absolute Gasteiger partial charge is 0.113 e. The molecule has 1 heteroatoms. The van der Waals surface area contributed by atoms with Gasteiger partial charge in [0.2, 0.25) is 0 Å². The lowest BCUT2D eigenvalue weighted by atomic mass is 10.3. The summed E-state index contributed by atoms with van der Waals surface area (Å²) in [6.07, 6.45) is 2.55. The van der Waals surface area contributed by atoms with Crippen molar-refractivity contribution < 1.29 is 0 Å². The molecule has 1 saturated carbocycles. The van der Waals surface area contributed by atoms with Gasteiger partial charge in [0.15, 0.2) is 0 Å². The highest BCUT2D eigenvalue weighted by molar-refractivity contribution is 5.30. The SMILES string of the molecule is Cc1cccc(C#CC2CC2)n1. The molecule has 12 heavy (non-hydrogen) atoms. The molecule has 2 rings (SSSR count). The van der Waals surface area contributed by atoms with Gasteiger partial charge in [-0.2, -0.15) is 0 Å². The number of aromatic nitrogens is 1. The molecule has 0 unspecified atom stereocenters. The van der Waals surface area contributed by atoms with Crippen molar-refractivity contribution in [1.29, 1.82) is 0 Å². The summed E-state index contributed by atoms with van der Waals surface area (Å²) >= 11 is 0. The van der Waals surface area contributed by atoms with Crippen molar-refractivity contribution in [3.05, 3.63) is 29.6 Å². The van der Waals surface area contributed by atoms with Gasteiger partial charge >= 0.3 is 0 Å². The molecule has 0 amide bonds. The van der Waals surface area contributed by atoms with E-state index in [1.165, 1.54) is 12.8 Å². The zero-order valence-electron chi connectivity index (χ0n) is 7.17. The summed E-state index contributed by atoms with van der Waals surface area (Å²) in [5, 5.41) is 0. The maximum Gasteiger partial charge on any atom is 0.113 e. The molecular weight excluding hydrogens is 146 g/mol. The monoisotopic (exact) mass is 157 g/mol. The van der Waals surface area contributed by atoms with Crippen LogP contribution in [-0.2, 0) is 0 Å². The Bertz CT molecular complexity index is 340. The van der Waals surface area contributed by atoms with Crippen LogP contribution in [0, 0.1) is 24.7 Å². The third kappa shape index (κ3) is 1.85. The molecule has 0 atom stereocenters. The normalized spacial score (nSPS) is 15.1. The molecule has 1 aliphatic rings. The van der Waals surface area contributed by atoms with Crippen LogP contribution in [0.15, 0.2) is 18.2 Å². The quantitative estimate of drug-likeness (QED) is 0.526. The number of nitrogens with zero attached hydrogens (tertiary/aromatic N) is 1. The highest BCUT2D eigenvalue weighted by Gasteiger charge is 2.17. The Morgan fingerprint density at radius 1 is 1.42 bits per heavy atom. The molecule has 0 saturated heterocycles. The van der Waals surface area contributed by atoms with Crippen LogP contribution in [0.4, 0.5) is 0 Å². The Morgan fingerprint density at radius 2 is 2.25 bits per heavy atom. The van der Waals surface area contributed by atoms with Gasteiger partial charge in [0, 0.05) is 11.6 Å². The fourth-order valence-electron chi connectivity index (χ4n) is 1.02. The lowest BCUT2D eigenvalue weighted by molar-refractivity contribution is 1.16. The van der Waals surface area contributed by atoms with Crippen molar-refractivity contribution in [2.45, 2.75) is 19.8 Å². The van der Waals surface area contributed by atoms with Gasteiger partial charge in [0.25, 0.3) is 0 Å². The molecule has 0 radical (unpaired) electrons. The maximum atomic E-state index is 4.30. The first kappa shape index (κ1) is 7.36. The summed E-state index contributed by atoms with van der Waals surface area (Å²) < 4.78 is 0. The second-order valence-electron chi connectivity index (χ2n) is 3.21. The summed E-state index contributed by atoms with van der Waals surface area (Å²) in [4.78, 5) is 4.30. The Morgan fingerprint density at radius 3 is 2.92 bits per heavy atom. The van der Waals surface area contributed by atoms with E-state index in [0.717, 1.165) is 11.4 Å². The number of hydrogen-bond acceptors (Lipinski definition) is 1. The molecule has 1 heterocycles. The fraction of sp³-hybridized carbons (Fsp3) is 0.364. The molecule has 0 aliphatic heterocycles. The minimum atomic E-state index is 0.660. The minimum absolute atomic E-state index is 0.660. The third-order valence-electron chi connectivity index (χ3n) is 1.87. The second kappa shape index (κ2) is 2.98. The molecule has 1 aromatic rings. The fourth-order valence-corrected chi connectivity index (χ4v) is 1.02. The van der Waals surface area contributed by atoms with Crippen LogP contribution in [0.25, 0.3) is 0 Å². The molecule has 0 aromatic carbocycles. The van der Waals surface area contributed by atoms with Gasteiger partial charge in [-0.25, -0.2) is 4.98 Å². The van der Waals surface area contributed by atoms with E-state index < -0.39 is 0 Å². The molecule has 0 spiro atoms. The molecule has 1 aromatic heterocycles. The standard InChI is InChI=1S/C11H11N/c1-9-3-2-4-11(12-9)8-7-10-5-6-10/h2-4,10H,5-6H2,1H3. The number of pyridine rings is 1. The van der Waals surface area contributed by atoms with Gasteiger partial charge in [-0.15, -0.1) is 0 Å². The summed E-state index contributed by atoms with van der Waals surface area (Å²) in [6, 6.07) is 5.95. The summed E-state index contributed by atoms with van der Waals surface area (Å²) in [5.74, 6) is 6.93. The van der Waals surface area contributed by atoms with Gasteiger partial charge in [-0.3, -0.25) is 0 Å². The van der Waals surface area contributed by atoms with E-state index >= 15 is 0 Å². The van der Waals surface area contributed by atoms with E-state index in [1.807, 2.05) is 25.1 Å². The largest absolute Gasteiger partial charge is 0.245 e. The van der Waals surface area contributed by atoms with Crippen LogP contribution >= 0.6 is 0 Å². The van der Waals surface area contributed by atoms with Gasteiger partial charge in [-0.1, -0.05) is 12.0 Å². The van der Waals surface area contributed by atoms with Crippen LogP contribution in [0.1, 0.15) is 24.2 Å². The van der Waals surface area contributed by atoms with Crippen molar-refractivity contribution in [2.24, 2.45) is 5.92 Å². The summed E-state index contributed by atoms with van der Waals surface area (Å²) in [5.41, 5.74) is 1.94. The van der Waals surface area contributed by atoms with E-state index in [0.29, 0.717) is 5.92 Å². The average molecular weight is 157 g/mol. The van der Waals surface area contributed by atoms with Crippen LogP contribution in [-0.4, -0.2) is 4.98 Å². The zero-order chi connectivity index (χ0) is 8.39. The van der Waals surface area contributed by atoms with E-state index in [9.17, 15) is 0 Å². The first-order valence-electron chi connectivity index (χ1n) is 4.30. The summed E-state index contributed by atoms with van der Waals surface area (Å²) in [7, 11) is 0. The van der Waals surface area contributed by atoms with Crippen LogP contribution < -0.4 is 0 Å². The lowest BCUT2D eigenvalue weighted by Gasteiger charge is -1.90. The Kier molecular flexibility index (Phi) is 1.83. The van der Waals surface area contributed by atoms with Crippen LogP contribution in [0.3, 0.4) is 0 Å². The highest BCUT2D eigenvalue weighted by Crippen LogP contribution is 2.27. The second-order valence-corrected chi connectivity index (χ2v) is 3.21. The van der Waals surface area contributed by atoms with Gasteiger partial charge < -0.3 is 0 Å². The first-order chi connectivity index (χ1) is 5.84. The first-order valence-corrected chi connectivity index (χ1v) is 4.30. The van der Waals surface area contributed by atoms with Crippen molar-refractivity contribution in [3.63, 3.8) is 0 Å². The maximum absolute atomic E-state index is 4.30. The predicted molar refractivity (Wildman–Crippen MR) is 48.6 cm³/mol. The van der Waals surface area contributed by atoms with Crippen molar-refractivity contribution in [3.8, 4) is 11.8 Å². The van der Waals surface area contributed by atoms with Gasteiger partial charge in [0.1, 0.15) is 5.69 Å². The third-order valence-corrected chi connectivity index (χ3v) is 1.87. The van der Waals surface area contributed by atoms with Crippen molar-refractivity contribution in [1.82, 2.24) is 4.98 Å². The minimum Gasteiger partial charge on any atom is -0.245 e. The zero-order valence-corrected chi connectivity index (χ0v) is 7.17. The molecular formula is C11H11N. The van der Waals surface area contributed by atoms with Gasteiger partial charge in [0.05, 0.1) is 0 Å². The lowest BCUT2D eigenvalue weighted by Crippen LogP contribution is -1.84. The molecule has 1 nitrogen and oxygen atoms in total. The van der Waals surface area contributed by atoms with E-state index in [2.05, 4.69) is 16.8 Å². The topological polar surface area (TPSA) is 12.9 Å². The van der Waals surface area contributed by atoms with E-state index in [1.54, 1.807) is 0 Å². The molecule has 1 fully saturated rings. The summed E-state index contributed by atoms with van der Waals surface area (Å²) in [6.45, 7) is 1.99. The van der Waals surface area contributed by atoms with E-state index in [-0.39, 0.29) is 0 Å². The van der Waals surface area contributed by atoms with E-state index in [4.69, 9.17) is 0 Å².